The molecule has 10 heteroatoms. The summed E-state index contributed by atoms with van der Waals surface area (Å²) in [6, 6.07) is 10.1. The maximum Gasteiger partial charge on any atom is 0.274 e. The van der Waals surface area contributed by atoms with Crippen LogP contribution < -0.4 is 5.56 Å². The van der Waals surface area contributed by atoms with Crippen molar-refractivity contribution in [1.82, 2.24) is 19.4 Å². The molecule has 0 bridgehead atoms. The Balaban J connectivity index is 1.34. The molecule has 0 unspecified atom stereocenters. The Hall–Kier alpha value is -3.59. The van der Waals surface area contributed by atoms with Crippen molar-refractivity contribution in [2.45, 2.75) is 57.5 Å². The second kappa shape index (κ2) is 11.2. The van der Waals surface area contributed by atoms with Crippen molar-refractivity contribution in [2.24, 2.45) is 0 Å². The van der Waals surface area contributed by atoms with Crippen molar-refractivity contribution < 1.29 is 14.3 Å². The molecule has 7 nitrogen and oxygen atoms in total. The average molecular weight is 622 g/mol. The number of aromatic nitrogens is 3. The molecule has 0 spiro atoms. The summed E-state index contributed by atoms with van der Waals surface area (Å²) in [5.74, 6) is -0.914. The van der Waals surface area contributed by atoms with E-state index in [4.69, 9.17) is 23.2 Å². The summed E-state index contributed by atoms with van der Waals surface area (Å²) >= 11 is 12.8. The number of amides is 1. The molecule has 222 valence electrons. The van der Waals surface area contributed by atoms with E-state index in [2.05, 4.69) is 9.97 Å². The van der Waals surface area contributed by atoms with Gasteiger partial charge in [-0.15, -0.1) is 0 Å². The molecule has 3 atom stereocenters. The number of pyridine rings is 3. The maximum atomic E-state index is 15.9. The Morgan fingerprint density at radius 2 is 1.91 bits per heavy atom. The van der Waals surface area contributed by atoms with Crippen molar-refractivity contribution in [2.75, 3.05) is 13.1 Å². The van der Waals surface area contributed by atoms with E-state index < -0.39 is 17.3 Å². The van der Waals surface area contributed by atoms with E-state index in [1.165, 1.54) is 15.5 Å². The van der Waals surface area contributed by atoms with Crippen LogP contribution in [0.5, 0.6) is 0 Å². The van der Waals surface area contributed by atoms with Crippen molar-refractivity contribution in [3.8, 4) is 16.9 Å². The Morgan fingerprint density at radius 3 is 2.65 bits per heavy atom. The Labute approximate surface area is 258 Å². The lowest BCUT2D eigenvalue weighted by Crippen LogP contribution is -2.48. The van der Waals surface area contributed by atoms with E-state index in [0.29, 0.717) is 41.4 Å². The molecule has 1 aliphatic heterocycles. The molecule has 2 aliphatic rings. The topological polar surface area (TPSA) is 88.3 Å². The third kappa shape index (κ3) is 5.59. The monoisotopic (exact) mass is 620 g/mol. The van der Waals surface area contributed by atoms with Crippen LogP contribution in [0.15, 0.2) is 59.8 Å². The van der Waals surface area contributed by atoms with Gasteiger partial charge in [-0.25, -0.2) is 4.39 Å². The number of aryl methyl sites for hydroxylation is 2. The van der Waals surface area contributed by atoms with Crippen LogP contribution >= 0.6 is 23.2 Å². The van der Waals surface area contributed by atoms with Crippen molar-refractivity contribution in [3.05, 3.63) is 109 Å². The zero-order chi connectivity index (χ0) is 30.6. The highest BCUT2D eigenvalue weighted by molar-refractivity contribution is 6.31. The van der Waals surface area contributed by atoms with E-state index in [0.717, 1.165) is 17.5 Å². The molecule has 3 aromatic heterocycles. The first-order valence-corrected chi connectivity index (χ1v) is 15.0. The number of halogens is 3. The summed E-state index contributed by atoms with van der Waals surface area (Å²) < 4.78 is 17.4. The zero-order valence-electron chi connectivity index (χ0n) is 24.1. The molecule has 1 aromatic carbocycles. The number of piperidine rings is 1. The molecule has 1 aliphatic carbocycles. The minimum absolute atomic E-state index is 0.0842. The number of rotatable bonds is 5. The molecule has 1 saturated carbocycles. The van der Waals surface area contributed by atoms with Gasteiger partial charge in [-0.1, -0.05) is 29.3 Å². The number of benzene rings is 1. The van der Waals surface area contributed by atoms with Gasteiger partial charge in [-0.2, -0.15) is 0 Å². The first-order valence-electron chi connectivity index (χ1n) is 14.3. The SMILES string of the molecule is Cc1cnc(-c2cccc(C(=O)N3CCC[C@@](C)(O)C3)c2F)cc1-n1c(C)cc([C@H]2C[C@@H]2c2cncc(Cl)c2)c(Cl)c1=O. The summed E-state index contributed by atoms with van der Waals surface area (Å²) in [6.45, 7) is 5.93. The lowest BCUT2D eigenvalue weighted by atomic mass is 9.94. The minimum Gasteiger partial charge on any atom is -0.388 e. The highest BCUT2D eigenvalue weighted by Crippen LogP contribution is 2.56. The van der Waals surface area contributed by atoms with Gasteiger partial charge in [0.1, 0.15) is 10.8 Å². The summed E-state index contributed by atoms with van der Waals surface area (Å²) in [7, 11) is 0. The van der Waals surface area contributed by atoms with Crippen LogP contribution in [-0.2, 0) is 0 Å². The van der Waals surface area contributed by atoms with Crippen LogP contribution in [0.3, 0.4) is 0 Å². The van der Waals surface area contributed by atoms with Crippen LogP contribution in [0.25, 0.3) is 16.9 Å². The van der Waals surface area contributed by atoms with Gasteiger partial charge < -0.3 is 10.0 Å². The van der Waals surface area contributed by atoms with E-state index in [1.807, 2.05) is 26.0 Å². The Bertz CT molecular complexity index is 1820. The molecular formula is C33H31Cl2FN4O3. The van der Waals surface area contributed by atoms with Crippen LogP contribution in [0.4, 0.5) is 4.39 Å². The lowest BCUT2D eigenvalue weighted by Gasteiger charge is -2.37. The summed E-state index contributed by atoms with van der Waals surface area (Å²) in [5, 5.41) is 11.2. The molecule has 6 rings (SSSR count). The van der Waals surface area contributed by atoms with E-state index in [9.17, 15) is 14.7 Å². The molecule has 1 N–H and O–H groups in total. The van der Waals surface area contributed by atoms with Crippen molar-refractivity contribution in [1.29, 1.82) is 0 Å². The Kier molecular flexibility index (Phi) is 7.65. The fourth-order valence-corrected chi connectivity index (χ4v) is 6.66. The molecule has 2 fully saturated rings. The number of aliphatic hydroxyl groups is 1. The van der Waals surface area contributed by atoms with Gasteiger partial charge in [-0.05, 0) is 98.9 Å². The smallest absolute Gasteiger partial charge is 0.274 e. The first kappa shape index (κ1) is 29.5. The molecule has 1 amide bonds. The summed E-state index contributed by atoms with van der Waals surface area (Å²) in [4.78, 5) is 37.1. The fraction of sp³-hybridized carbons (Fsp3) is 0.333. The van der Waals surface area contributed by atoms with Crippen LogP contribution in [0, 0.1) is 19.7 Å². The van der Waals surface area contributed by atoms with Gasteiger partial charge in [0.2, 0.25) is 0 Å². The van der Waals surface area contributed by atoms with Gasteiger partial charge in [0, 0.05) is 42.9 Å². The van der Waals surface area contributed by atoms with E-state index >= 15 is 4.39 Å². The first-order chi connectivity index (χ1) is 20.4. The molecule has 1 saturated heterocycles. The third-order valence-corrected chi connectivity index (χ3v) is 9.07. The molecule has 43 heavy (non-hydrogen) atoms. The van der Waals surface area contributed by atoms with Crippen LogP contribution in [0.1, 0.15) is 70.8 Å². The second-order valence-electron chi connectivity index (χ2n) is 11.9. The fourth-order valence-electron chi connectivity index (χ4n) is 6.20. The van der Waals surface area contributed by atoms with Gasteiger partial charge in [0.15, 0.2) is 0 Å². The average Bonchev–Trinajstić information content (AvgIpc) is 3.76. The molecule has 0 radical (unpaired) electrons. The number of hydrogen-bond donors (Lipinski definition) is 1. The van der Waals surface area contributed by atoms with E-state index in [1.54, 1.807) is 43.7 Å². The highest BCUT2D eigenvalue weighted by Gasteiger charge is 2.42. The number of carbonyl (C=O) groups is 1. The quantitative estimate of drug-likeness (QED) is 0.271. The minimum atomic E-state index is -1.01. The summed E-state index contributed by atoms with van der Waals surface area (Å²) in [6.07, 6.45) is 7.02. The summed E-state index contributed by atoms with van der Waals surface area (Å²) in [5.41, 5.74) is 2.66. The van der Waals surface area contributed by atoms with Crippen LogP contribution in [-0.4, -0.2) is 49.1 Å². The molecule has 4 aromatic rings. The normalized spacial score (nSPS) is 21.6. The number of likely N-dealkylation sites (tertiary alicyclic amines) is 1. The van der Waals surface area contributed by atoms with Gasteiger partial charge in [-0.3, -0.25) is 24.1 Å². The predicted molar refractivity (Wildman–Crippen MR) is 165 cm³/mol. The number of nitrogens with zero attached hydrogens (tertiary/aromatic N) is 4. The lowest BCUT2D eigenvalue weighted by molar-refractivity contribution is -0.0109. The Morgan fingerprint density at radius 1 is 1.12 bits per heavy atom. The van der Waals surface area contributed by atoms with Crippen molar-refractivity contribution in [3.63, 3.8) is 0 Å². The highest BCUT2D eigenvalue weighted by atomic mass is 35.5. The van der Waals surface area contributed by atoms with Gasteiger partial charge in [0.25, 0.3) is 11.5 Å². The number of carbonyl (C=O) groups excluding carboxylic acids is 1. The maximum absolute atomic E-state index is 15.9. The number of hydrogen-bond acceptors (Lipinski definition) is 5. The van der Waals surface area contributed by atoms with Gasteiger partial charge >= 0.3 is 0 Å². The largest absolute Gasteiger partial charge is 0.388 e. The van der Waals surface area contributed by atoms with Gasteiger partial charge in [0.05, 0.1) is 27.6 Å². The third-order valence-electron chi connectivity index (χ3n) is 8.49. The van der Waals surface area contributed by atoms with E-state index in [-0.39, 0.29) is 45.8 Å². The van der Waals surface area contributed by atoms with Crippen LogP contribution in [0.2, 0.25) is 10.0 Å². The van der Waals surface area contributed by atoms with Crippen molar-refractivity contribution >= 4 is 29.1 Å². The zero-order valence-corrected chi connectivity index (χ0v) is 25.6. The standard InChI is InChI=1S/C33H31Cl2FN4O3/c1-18-14-38-27(22-6-4-7-23(30(22)36)31(41)39-9-5-8-33(3,43)17-39)13-28(18)40-19(2)10-26(29(35)32(40)42)25-12-24(25)20-11-21(34)16-37-15-20/h4,6-7,10-11,13-16,24-25,43H,5,8-9,12,17H2,1-3H3/t24-,25+,33-/m1/s1. The molecule has 4 heterocycles. The number of β-amino-alcohol motifs (C(OH)–C–C–N with tert-alkyl or cyclic N) is 1. The predicted octanol–water partition coefficient (Wildman–Crippen LogP) is 6.62. The molecular weight excluding hydrogens is 590 g/mol. The second-order valence-corrected chi connectivity index (χ2v) is 12.7.